The molecule has 2 rings (SSSR count). The Balaban J connectivity index is 2.34. The van der Waals surface area contributed by atoms with E-state index in [2.05, 4.69) is 10.1 Å². The number of nitrogens with zero attached hydrogens (tertiary/aromatic N) is 3. The van der Waals surface area contributed by atoms with E-state index in [9.17, 15) is 4.79 Å². The van der Waals surface area contributed by atoms with Crippen molar-refractivity contribution in [2.45, 2.75) is 32.9 Å². The molecular weight excluding hydrogens is 218 g/mol. The van der Waals surface area contributed by atoms with Crippen LogP contribution >= 0.6 is 0 Å². The summed E-state index contributed by atoms with van der Waals surface area (Å²) in [7, 11) is 0. The predicted molar refractivity (Wildman–Crippen MR) is 63.1 cm³/mol. The molecule has 1 amide bonds. The van der Waals surface area contributed by atoms with E-state index in [1.54, 1.807) is 18.5 Å². The zero-order valence-corrected chi connectivity index (χ0v) is 10.2. The summed E-state index contributed by atoms with van der Waals surface area (Å²) in [5.74, 6) is 0.311. The van der Waals surface area contributed by atoms with Crippen molar-refractivity contribution in [3.8, 4) is 0 Å². The molecular formula is C12H15N3O2. The zero-order chi connectivity index (χ0) is 12.5. The van der Waals surface area contributed by atoms with Gasteiger partial charge in [0.05, 0.1) is 5.56 Å². The number of hydrogen-bond acceptors (Lipinski definition) is 4. The first-order valence-corrected chi connectivity index (χ1v) is 5.55. The molecule has 1 atom stereocenters. The van der Waals surface area contributed by atoms with Gasteiger partial charge in [0.25, 0.3) is 0 Å². The van der Waals surface area contributed by atoms with Crippen molar-refractivity contribution in [2.75, 3.05) is 0 Å². The summed E-state index contributed by atoms with van der Waals surface area (Å²) in [6, 6.07) is 3.66. The van der Waals surface area contributed by atoms with E-state index >= 15 is 0 Å². The maximum Gasteiger partial charge on any atom is 0.243 e. The van der Waals surface area contributed by atoms with Gasteiger partial charge < -0.3 is 4.74 Å². The number of amides is 1. The fourth-order valence-corrected chi connectivity index (χ4v) is 1.70. The second-order valence-corrected chi connectivity index (χ2v) is 4.11. The van der Waals surface area contributed by atoms with Crippen LogP contribution in [0.25, 0.3) is 0 Å². The minimum atomic E-state index is -0.697. The molecule has 1 unspecified atom stereocenters. The topological polar surface area (TPSA) is 54.8 Å². The summed E-state index contributed by atoms with van der Waals surface area (Å²) in [6.07, 6.45) is 4.01. The van der Waals surface area contributed by atoms with Crippen LogP contribution in [-0.2, 0) is 9.53 Å². The number of carbonyl (C=O) groups excluding carboxylic acids is 1. The van der Waals surface area contributed by atoms with Crippen molar-refractivity contribution in [3.05, 3.63) is 30.1 Å². The summed E-state index contributed by atoms with van der Waals surface area (Å²) < 4.78 is 5.77. The third-order valence-electron chi connectivity index (χ3n) is 2.82. The SMILES string of the molecule is CCC1(C)OC(c2cccnc2)=NN1C(C)=O. The molecule has 0 radical (unpaired) electrons. The lowest BCUT2D eigenvalue weighted by molar-refractivity contribution is -0.144. The molecule has 0 spiro atoms. The Labute approximate surface area is 100 Å². The summed E-state index contributed by atoms with van der Waals surface area (Å²) >= 11 is 0. The van der Waals surface area contributed by atoms with Crippen LogP contribution < -0.4 is 0 Å². The highest BCUT2D eigenvalue weighted by molar-refractivity contribution is 5.96. The van der Waals surface area contributed by atoms with Gasteiger partial charge in [-0.15, -0.1) is 5.10 Å². The monoisotopic (exact) mass is 233 g/mol. The molecule has 5 nitrogen and oxygen atoms in total. The highest BCUT2D eigenvalue weighted by Gasteiger charge is 2.41. The van der Waals surface area contributed by atoms with Gasteiger partial charge in [-0.2, -0.15) is 5.01 Å². The number of ether oxygens (including phenoxy) is 1. The fourth-order valence-electron chi connectivity index (χ4n) is 1.70. The molecule has 2 heterocycles. The van der Waals surface area contributed by atoms with Gasteiger partial charge in [0.1, 0.15) is 0 Å². The van der Waals surface area contributed by atoms with Gasteiger partial charge in [-0.3, -0.25) is 9.78 Å². The van der Waals surface area contributed by atoms with Crippen molar-refractivity contribution in [1.82, 2.24) is 9.99 Å². The van der Waals surface area contributed by atoms with Crippen LogP contribution in [0.4, 0.5) is 0 Å². The maximum absolute atomic E-state index is 11.5. The Kier molecular flexibility index (Phi) is 2.83. The molecule has 0 bridgehead atoms. The molecule has 5 heteroatoms. The van der Waals surface area contributed by atoms with Crippen LogP contribution in [0, 0.1) is 0 Å². The first-order valence-electron chi connectivity index (χ1n) is 5.55. The minimum absolute atomic E-state index is 0.131. The van der Waals surface area contributed by atoms with Gasteiger partial charge in [0.2, 0.25) is 17.5 Å². The molecule has 1 aliphatic heterocycles. The average Bonchev–Trinajstić information content (AvgIpc) is 2.69. The van der Waals surface area contributed by atoms with Crippen molar-refractivity contribution < 1.29 is 9.53 Å². The summed E-state index contributed by atoms with van der Waals surface area (Å²) in [5, 5.41) is 5.60. The zero-order valence-electron chi connectivity index (χ0n) is 10.2. The third-order valence-corrected chi connectivity index (χ3v) is 2.82. The summed E-state index contributed by atoms with van der Waals surface area (Å²) in [6.45, 7) is 5.28. The van der Waals surface area contributed by atoms with Gasteiger partial charge in [-0.05, 0) is 19.1 Å². The average molecular weight is 233 g/mol. The number of rotatable bonds is 2. The Hall–Kier alpha value is -1.91. The third kappa shape index (κ3) is 2.00. The molecule has 1 aromatic rings. The highest BCUT2D eigenvalue weighted by atomic mass is 16.6. The smallest absolute Gasteiger partial charge is 0.243 e. The van der Waals surface area contributed by atoms with Crippen LogP contribution in [-0.4, -0.2) is 27.5 Å². The second-order valence-electron chi connectivity index (χ2n) is 4.11. The van der Waals surface area contributed by atoms with Gasteiger partial charge >= 0.3 is 0 Å². The van der Waals surface area contributed by atoms with Gasteiger partial charge in [-0.25, -0.2) is 0 Å². The minimum Gasteiger partial charge on any atom is -0.448 e. The lowest BCUT2D eigenvalue weighted by Crippen LogP contribution is -2.43. The van der Waals surface area contributed by atoms with Crippen LogP contribution in [0.15, 0.2) is 29.6 Å². The molecule has 0 fully saturated rings. The standard InChI is InChI=1S/C12H15N3O2/c1-4-12(3)15(9(2)16)14-11(17-12)10-6-5-7-13-8-10/h5-8H,4H2,1-3H3. The Morgan fingerprint density at radius 1 is 1.59 bits per heavy atom. The molecule has 1 aliphatic rings. The second kappa shape index (κ2) is 4.16. The number of hydrazone groups is 1. The Bertz CT molecular complexity index is 458. The largest absolute Gasteiger partial charge is 0.448 e. The lowest BCUT2D eigenvalue weighted by Gasteiger charge is -2.29. The van der Waals surface area contributed by atoms with E-state index < -0.39 is 5.72 Å². The first kappa shape index (κ1) is 11.6. The molecule has 0 saturated heterocycles. The summed E-state index contributed by atoms with van der Waals surface area (Å²) in [5.41, 5.74) is 0.0766. The summed E-state index contributed by atoms with van der Waals surface area (Å²) in [4.78, 5) is 15.5. The van der Waals surface area contributed by atoms with Crippen molar-refractivity contribution in [2.24, 2.45) is 5.10 Å². The van der Waals surface area contributed by atoms with Crippen molar-refractivity contribution in [3.63, 3.8) is 0 Å². The number of pyridine rings is 1. The van der Waals surface area contributed by atoms with E-state index in [-0.39, 0.29) is 5.91 Å². The van der Waals surface area contributed by atoms with Crippen LogP contribution in [0.2, 0.25) is 0 Å². The van der Waals surface area contributed by atoms with E-state index in [1.165, 1.54) is 11.9 Å². The maximum atomic E-state index is 11.5. The quantitative estimate of drug-likeness (QED) is 0.782. The highest BCUT2D eigenvalue weighted by Crippen LogP contribution is 2.29. The van der Waals surface area contributed by atoms with Crippen LogP contribution in [0.1, 0.15) is 32.8 Å². The fraction of sp³-hybridized carbons (Fsp3) is 0.417. The van der Waals surface area contributed by atoms with Crippen LogP contribution in [0.3, 0.4) is 0 Å². The Morgan fingerprint density at radius 2 is 2.35 bits per heavy atom. The van der Waals surface area contributed by atoms with E-state index in [0.29, 0.717) is 12.3 Å². The van der Waals surface area contributed by atoms with E-state index in [1.807, 2.05) is 19.9 Å². The predicted octanol–water partition coefficient (Wildman–Crippen LogP) is 1.75. The molecule has 0 aliphatic carbocycles. The lowest BCUT2D eigenvalue weighted by atomic mass is 10.2. The molecule has 0 saturated carbocycles. The number of hydrogen-bond donors (Lipinski definition) is 0. The van der Waals surface area contributed by atoms with Crippen molar-refractivity contribution >= 4 is 11.8 Å². The van der Waals surface area contributed by atoms with Gasteiger partial charge in [-0.1, -0.05) is 6.92 Å². The normalized spacial score (nSPS) is 23.2. The molecule has 90 valence electrons. The molecule has 1 aromatic heterocycles. The van der Waals surface area contributed by atoms with Gasteiger partial charge in [0, 0.05) is 25.7 Å². The molecule has 0 aromatic carbocycles. The van der Waals surface area contributed by atoms with E-state index in [0.717, 1.165) is 5.56 Å². The van der Waals surface area contributed by atoms with E-state index in [4.69, 9.17) is 4.74 Å². The first-order chi connectivity index (χ1) is 8.07. The Morgan fingerprint density at radius 3 is 2.82 bits per heavy atom. The number of aromatic nitrogens is 1. The van der Waals surface area contributed by atoms with Crippen molar-refractivity contribution in [1.29, 1.82) is 0 Å². The van der Waals surface area contributed by atoms with Crippen LogP contribution in [0.5, 0.6) is 0 Å². The molecule has 17 heavy (non-hydrogen) atoms. The molecule has 0 N–H and O–H groups in total. The van der Waals surface area contributed by atoms with Gasteiger partial charge in [0.15, 0.2) is 0 Å². The number of carbonyl (C=O) groups is 1.